The van der Waals surface area contributed by atoms with Gasteiger partial charge in [-0.1, -0.05) is 5.10 Å². The molecule has 0 saturated carbocycles. The quantitative estimate of drug-likeness (QED) is 0.162. The average molecular weight is 567 g/mol. The summed E-state index contributed by atoms with van der Waals surface area (Å²) >= 11 is 0. The van der Waals surface area contributed by atoms with Crippen molar-refractivity contribution in [1.82, 2.24) is 15.1 Å². The molecule has 0 unspecified atom stereocenters. The lowest BCUT2D eigenvalue weighted by Gasteiger charge is -2.26. The van der Waals surface area contributed by atoms with Crippen molar-refractivity contribution in [3.05, 3.63) is 47.8 Å². The van der Waals surface area contributed by atoms with Crippen LogP contribution in [-0.2, 0) is 9.53 Å². The number of hydrogen-bond acceptors (Lipinski definition) is 10. The molecule has 1 fully saturated rings. The van der Waals surface area contributed by atoms with Crippen molar-refractivity contribution in [3.8, 4) is 23.0 Å². The molecular weight excluding hydrogens is 542 g/mol. The second-order valence-corrected chi connectivity index (χ2v) is 8.54. The first-order valence-corrected chi connectivity index (χ1v) is 12.1. The highest BCUT2D eigenvalue weighted by molar-refractivity contribution is 6.06. The van der Waals surface area contributed by atoms with Gasteiger partial charge in [0, 0.05) is 37.5 Å². The molecule has 15 heteroatoms. The monoisotopic (exact) mass is 567 g/mol. The molecule has 214 valence electrons. The zero-order valence-electron chi connectivity index (χ0n) is 21.2. The van der Waals surface area contributed by atoms with Crippen LogP contribution in [0.1, 0.15) is 16.8 Å². The molecule has 1 aromatic heterocycles. The van der Waals surface area contributed by atoms with Gasteiger partial charge in [-0.05, 0) is 37.2 Å². The topological polar surface area (TPSA) is 128 Å². The molecule has 0 aliphatic carbocycles. The highest BCUT2D eigenvalue weighted by Crippen LogP contribution is 2.33. The van der Waals surface area contributed by atoms with Gasteiger partial charge < -0.3 is 29.3 Å². The summed E-state index contributed by atoms with van der Waals surface area (Å²) in [5.41, 5.74) is 0.0863. The first-order valence-electron chi connectivity index (χ1n) is 12.1. The third-order valence-corrected chi connectivity index (χ3v) is 5.77. The lowest BCUT2D eigenvalue weighted by atomic mass is 10.1. The summed E-state index contributed by atoms with van der Waals surface area (Å²) in [6.07, 6.45) is -4.48. The zero-order chi connectivity index (χ0) is 28.7. The predicted molar refractivity (Wildman–Crippen MR) is 133 cm³/mol. The minimum atomic E-state index is -5.34. The van der Waals surface area contributed by atoms with Gasteiger partial charge in [0.1, 0.15) is 17.3 Å². The van der Waals surface area contributed by atoms with E-state index in [2.05, 4.69) is 30.5 Å². The van der Waals surface area contributed by atoms with E-state index < -0.39 is 35.2 Å². The second-order valence-electron chi connectivity index (χ2n) is 8.54. The van der Waals surface area contributed by atoms with Gasteiger partial charge in [0.15, 0.2) is 0 Å². The number of aromatic nitrogens is 2. The minimum absolute atomic E-state index is 0.144. The summed E-state index contributed by atoms with van der Waals surface area (Å²) in [7, 11) is 1.38. The number of nitrogens with zero attached hydrogens (tertiary/aromatic N) is 3. The van der Waals surface area contributed by atoms with Gasteiger partial charge in [-0.2, -0.15) is 13.2 Å². The average Bonchev–Trinajstić information content (AvgIpc) is 3.40. The van der Waals surface area contributed by atoms with Crippen LogP contribution < -0.4 is 20.1 Å². The van der Waals surface area contributed by atoms with Crippen LogP contribution in [0.4, 0.5) is 29.3 Å². The molecular formula is C25H25F4N5O6. The fraction of sp³-hybridized carbons (Fsp3) is 0.360. The Hall–Kier alpha value is -4.24. The number of rotatable bonds is 10. The largest absolute Gasteiger partial charge is 0.496 e. The predicted octanol–water partition coefficient (Wildman–Crippen LogP) is 3.74. The highest BCUT2D eigenvalue weighted by atomic mass is 19.4. The number of morpholine rings is 1. The van der Waals surface area contributed by atoms with Crippen molar-refractivity contribution in [2.75, 3.05) is 57.1 Å². The Kier molecular flexibility index (Phi) is 9.16. The van der Waals surface area contributed by atoms with E-state index in [0.29, 0.717) is 18.2 Å². The van der Waals surface area contributed by atoms with Crippen molar-refractivity contribution >= 4 is 23.6 Å². The highest BCUT2D eigenvalue weighted by Gasteiger charge is 2.42. The number of anilines is 2. The van der Waals surface area contributed by atoms with Crippen molar-refractivity contribution in [3.63, 3.8) is 0 Å². The first-order chi connectivity index (χ1) is 19.1. The molecule has 1 saturated heterocycles. The number of esters is 1. The molecule has 2 heterocycles. The maximum absolute atomic E-state index is 13.6. The Morgan fingerprint density at radius 1 is 1.07 bits per heavy atom. The number of methoxy groups -OCH3 is 1. The molecule has 0 bridgehead atoms. The molecule has 1 amide bonds. The molecule has 2 aromatic carbocycles. The summed E-state index contributed by atoms with van der Waals surface area (Å²) in [5.74, 6) is -5.06. The third-order valence-electron chi connectivity index (χ3n) is 5.77. The van der Waals surface area contributed by atoms with E-state index in [1.165, 1.54) is 25.3 Å². The number of hydrogen-bond donors (Lipinski definition) is 2. The van der Waals surface area contributed by atoms with Crippen molar-refractivity contribution in [2.45, 2.75) is 12.6 Å². The van der Waals surface area contributed by atoms with Gasteiger partial charge in [-0.25, -0.2) is 9.18 Å². The van der Waals surface area contributed by atoms with Crippen LogP contribution in [0.2, 0.25) is 0 Å². The molecule has 2 N–H and O–H groups in total. The lowest BCUT2D eigenvalue weighted by molar-refractivity contribution is -0.189. The van der Waals surface area contributed by atoms with E-state index in [9.17, 15) is 27.2 Å². The summed E-state index contributed by atoms with van der Waals surface area (Å²) in [5, 5.41) is 13.5. The molecule has 1 aliphatic heterocycles. The van der Waals surface area contributed by atoms with Gasteiger partial charge in [0.05, 0.1) is 31.5 Å². The lowest BCUT2D eigenvalue weighted by Crippen LogP contribution is -2.37. The Labute approximate surface area is 225 Å². The molecule has 3 aromatic rings. The Morgan fingerprint density at radius 2 is 1.85 bits per heavy atom. The molecule has 40 heavy (non-hydrogen) atoms. The molecule has 0 atom stereocenters. The van der Waals surface area contributed by atoms with E-state index in [0.717, 1.165) is 51.4 Å². The Balaban J connectivity index is 1.41. The fourth-order valence-electron chi connectivity index (χ4n) is 3.80. The van der Waals surface area contributed by atoms with Crippen LogP contribution in [0.5, 0.6) is 11.5 Å². The van der Waals surface area contributed by atoms with Gasteiger partial charge >= 0.3 is 18.2 Å². The molecule has 11 nitrogen and oxygen atoms in total. The SMILES string of the molecule is COc1cc(NC(=O)c2ccc(F)cc2OC(=O)C(F)(F)F)ccc1-c1nnc(NCCCN2CCOCC2)o1. The number of carbonyl (C=O) groups is 2. The minimum Gasteiger partial charge on any atom is -0.496 e. The van der Waals surface area contributed by atoms with E-state index in [4.69, 9.17) is 13.9 Å². The van der Waals surface area contributed by atoms with E-state index in [1.807, 2.05) is 0 Å². The van der Waals surface area contributed by atoms with Crippen LogP contribution in [0.15, 0.2) is 40.8 Å². The van der Waals surface area contributed by atoms with Gasteiger partial charge in [0.25, 0.3) is 11.8 Å². The van der Waals surface area contributed by atoms with Crippen LogP contribution in [0.25, 0.3) is 11.5 Å². The molecule has 1 aliphatic rings. The third kappa shape index (κ3) is 7.45. The summed E-state index contributed by atoms with van der Waals surface area (Å²) < 4.78 is 72.0. The van der Waals surface area contributed by atoms with E-state index >= 15 is 0 Å². The number of nitrogens with one attached hydrogen (secondary N) is 2. The smallest absolute Gasteiger partial charge is 0.491 e. The molecule has 0 spiro atoms. The number of benzene rings is 2. The fourth-order valence-corrected chi connectivity index (χ4v) is 3.80. The van der Waals surface area contributed by atoms with E-state index in [1.54, 1.807) is 0 Å². The molecule has 0 radical (unpaired) electrons. The second kappa shape index (κ2) is 12.7. The summed E-state index contributed by atoms with van der Waals surface area (Å²) in [4.78, 5) is 26.3. The maximum atomic E-state index is 13.6. The van der Waals surface area contributed by atoms with Gasteiger partial charge in [0.2, 0.25) is 0 Å². The van der Waals surface area contributed by atoms with Gasteiger partial charge in [-0.15, -0.1) is 5.10 Å². The molecule has 4 rings (SSSR count). The normalized spacial score (nSPS) is 14.0. The summed E-state index contributed by atoms with van der Waals surface area (Å²) in [6.45, 7) is 4.78. The number of amides is 1. The van der Waals surface area contributed by atoms with Crippen LogP contribution in [0.3, 0.4) is 0 Å². The van der Waals surface area contributed by atoms with Crippen LogP contribution in [-0.4, -0.2) is 79.7 Å². The summed E-state index contributed by atoms with van der Waals surface area (Å²) in [6, 6.07) is 6.86. The van der Waals surface area contributed by atoms with Crippen LogP contribution >= 0.6 is 0 Å². The van der Waals surface area contributed by atoms with Crippen molar-refractivity contribution in [2.24, 2.45) is 0 Å². The first kappa shape index (κ1) is 28.8. The number of ether oxygens (including phenoxy) is 3. The standard InChI is InChI=1S/C25H25F4N5O6/c1-37-19-14-16(31-21(35)17-5-3-15(26)13-20(17)39-23(36)25(27,28)29)4-6-18(19)22-32-33-24(40-22)30-7-2-8-34-9-11-38-12-10-34/h3-6,13-14H,2,7-12H2,1H3,(H,30,33)(H,31,35). The van der Waals surface area contributed by atoms with Crippen molar-refractivity contribution < 1.29 is 45.8 Å². The van der Waals surface area contributed by atoms with Crippen molar-refractivity contribution in [1.29, 1.82) is 0 Å². The Morgan fingerprint density at radius 3 is 2.58 bits per heavy atom. The Bertz CT molecular complexity index is 1340. The van der Waals surface area contributed by atoms with Gasteiger partial charge in [-0.3, -0.25) is 9.69 Å². The zero-order valence-corrected chi connectivity index (χ0v) is 21.2. The number of carbonyl (C=O) groups excluding carboxylic acids is 2. The number of halogens is 4. The number of alkyl halides is 3. The van der Waals surface area contributed by atoms with E-state index in [-0.39, 0.29) is 23.3 Å². The van der Waals surface area contributed by atoms with Crippen LogP contribution in [0, 0.1) is 5.82 Å². The maximum Gasteiger partial charge on any atom is 0.491 e.